The molecule has 3 rings (SSSR count). The van der Waals surface area contributed by atoms with E-state index in [1.165, 1.54) is 6.42 Å². The van der Waals surface area contributed by atoms with Crippen LogP contribution in [0.2, 0.25) is 0 Å². The Balaban J connectivity index is 1.71. The van der Waals surface area contributed by atoms with Crippen LogP contribution in [0.1, 0.15) is 37.7 Å². The van der Waals surface area contributed by atoms with E-state index in [0.717, 1.165) is 38.0 Å². The van der Waals surface area contributed by atoms with Crippen molar-refractivity contribution in [2.45, 2.75) is 38.1 Å². The van der Waals surface area contributed by atoms with Crippen LogP contribution in [0.15, 0.2) is 30.3 Å². The lowest BCUT2D eigenvalue weighted by molar-refractivity contribution is -0.134. The number of benzene rings is 1. The van der Waals surface area contributed by atoms with Gasteiger partial charge in [-0.3, -0.25) is 4.79 Å². The van der Waals surface area contributed by atoms with E-state index in [4.69, 9.17) is 0 Å². The van der Waals surface area contributed by atoms with Crippen LogP contribution in [0.25, 0.3) is 0 Å². The van der Waals surface area contributed by atoms with Gasteiger partial charge in [0.15, 0.2) is 0 Å². The van der Waals surface area contributed by atoms with Gasteiger partial charge in [0.05, 0.1) is 5.92 Å². The minimum absolute atomic E-state index is 0.0297. The molecule has 2 aliphatic heterocycles. The van der Waals surface area contributed by atoms with E-state index in [9.17, 15) is 4.79 Å². The first-order valence-corrected chi connectivity index (χ1v) is 7.86. The lowest BCUT2D eigenvalue weighted by Crippen LogP contribution is -2.48. The molecule has 20 heavy (non-hydrogen) atoms. The van der Waals surface area contributed by atoms with Crippen LogP contribution < -0.4 is 5.32 Å². The molecule has 108 valence electrons. The number of nitrogens with one attached hydrogen (secondary N) is 1. The summed E-state index contributed by atoms with van der Waals surface area (Å²) in [6.07, 6.45) is 3.21. The molecule has 0 aliphatic carbocycles. The second-order valence-electron chi connectivity index (χ2n) is 6.05. The molecule has 1 aromatic carbocycles. The Labute approximate surface area is 121 Å². The van der Waals surface area contributed by atoms with Crippen molar-refractivity contribution in [3.05, 3.63) is 35.9 Å². The molecule has 3 heteroatoms. The molecular weight excluding hydrogens is 248 g/mol. The van der Waals surface area contributed by atoms with E-state index in [1.807, 2.05) is 18.2 Å². The predicted octanol–water partition coefficient (Wildman–Crippen LogP) is 2.39. The molecule has 1 amide bonds. The molecular formula is C17H24N2O. The van der Waals surface area contributed by atoms with Crippen LogP contribution in [0.4, 0.5) is 0 Å². The topological polar surface area (TPSA) is 32.3 Å². The number of rotatable bonds is 3. The molecule has 0 saturated carbocycles. The monoisotopic (exact) mass is 272 g/mol. The third kappa shape index (κ3) is 2.59. The highest BCUT2D eigenvalue weighted by Crippen LogP contribution is 2.28. The fourth-order valence-corrected chi connectivity index (χ4v) is 3.71. The maximum atomic E-state index is 12.8. The van der Waals surface area contributed by atoms with Crippen LogP contribution >= 0.6 is 0 Å². The molecule has 2 aliphatic rings. The smallest absolute Gasteiger partial charge is 0.230 e. The van der Waals surface area contributed by atoms with E-state index >= 15 is 0 Å². The quantitative estimate of drug-likeness (QED) is 0.916. The SMILES string of the molecule is CCC(C(=O)N1CCC2NCCC2C1)c1ccccc1. The zero-order valence-electron chi connectivity index (χ0n) is 12.2. The maximum Gasteiger partial charge on any atom is 0.230 e. The molecule has 1 N–H and O–H groups in total. The molecule has 3 atom stereocenters. The number of hydrogen-bond acceptors (Lipinski definition) is 2. The Morgan fingerprint density at radius 3 is 2.90 bits per heavy atom. The van der Waals surface area contributed by atoms with Crippen LogP contribution in [0.5, 0.6) is 0 Å². The summed E-state index contributed by atoms with van der Waals surface area (Å²) in [5.74, 6) is 1.02. The first-order valence-electron chi connectivity index (χ1n) is 7.86. The second kappa shape index (κ2) is 5.96. The van der Waals surface area contributed by atoms with Crippen molar-refractivity contribution >= 4 is 5.91 Å². The molecule has 0 radical (unpaired) electrons. The second-order valence-corrected chi connectivity index (χ2v) is 6.05. The fraction of sp³-hybridized carbons (Fsp3) is 0.588. The molecule has 1 aromatic rings. The zero-order chi connectivity index (χ0) is 13.9. The van der Waals surface area contributed by atoms with Crippen molar-refractivity contribution in [2.24, 2.45) is 5.92 Å². The number of fused-ring (bicyclic) bond motifs is 1. The van der Waals surface area contributed by atoms with Gasteiger partial charge in [-0.15, -0.1) is 0 Å². The van der Waals surface area contributed by atoms with Gasteiger partial charge >= 0.3 is 0 Å². The van der Waals surface area contributed by atoms with Crippen molar-refractivity contribution in [3.8, 4) is 0 Å². The van der Waals surface area contributed by atoms with Crippen molar-refractivity contribution in [1.82, 2.24) is 10.2 Å². The zero-order valence-corrected chi connectivity index (χ0v) is 12.2. The molecule has 0 spiro atoms. The number of piperidine rings is 1. The van der Waals surface area contributed by atoms with Gasteiger partial charge in [-0.05, 0) is 37.3 Å². The Kier molecular flexibility index (Phi) is 4.06. The summed E-state index contributed by atoms with van der Waals surface area (Å²) < 4.78 is 0. The molecule has 2 heterocycles. The highest BCUT2D eigenvalue weighted by atomic mass is 16.2. The first kappa shape index (κ1) is 13.6. The first-order chi connectivity index (χ1) is 9.79. The van der Waals surface area contributed by atoms with E-state index in [0.29, 0.717) is 17.9 Å². The number of hydrogen-bond donors (Lipinski definition) is 1. The Morgan fingerprint density at radius 1 is 1.35 bits per heavy atom. The van der Waals surface area contributed by atoms with Crippen LogP contribution in [0.3, 0.4) is 0 Å². The predicted molar refractivity (Wildman–Crippen MR) is 80.6 cm³/mol. The minimum atomic E-state index is 0.0297. The van der Waals surface area contributed by atoms with Crippen molar-refractivity contribution in [2.75, 3.05) is 19.6 Å². The van der Waals surface area contributed by atoms with Gasteiger partial charge in [0.1, 0.15) is 0 Å². The Morgan fingerprint density at radius 2 is 2.15 bits per heavy atom. The standard InChI is InChI=1S/C17H24N2O/c1-2-15(13-6-4-3-5-7-13)17(20)19-11-9-16-14(12-19)8-10-18-16/h3-7,14-16,18H,2,8-12H2,1H3. The number of carbonyl (C=O) groups excluding carboxylic acids is 1. The van der Waals surface area contributed by atoms with Crippen LogP contribution in [-0.4, -0.2) is 36.5 Å². The summed E-state index contributed by atoms with van der Waals surface area (Å²) in [4.78, 5) is 14.9. The normalized spacial score (nSPS) is 27.1. The van der Waals surface area contributed by atoms with Gasteiger partial charge in [-0.2, -0.15) is 0 Å². The summed E-state index contributed by atoms with van der Waals surface area (Å²) >= 11 is 0. The summed E-state index contributed by atoms with van der Waals surface area (Å²) in [5, 5.41) is 3.55. The Hall–Kier alpha value is -1.35. The highest BCUT2D eigenvalue weighted by Gasteiger charge is 2.36. The number of likely N-dealkylation sites (tertiary alicyclic amines) is 1. The van der Waals surface area contributed by atoms with Crippen molar-refractivity contribution in [3.63, 3.8) is 0 Å². The van der Waals surface area contributed by atoms with Gasteiger partial charge in [0.2, 0.25) is 5.91 Å². The Bertz CT molecular complexity index is 459. The lowest BCUT2D eigenvalue weighted by atomic mass is 9.90. The van der Waals surface area contributed by atoms with E-state index in [-0.39, 0.29) is 5.92 Å². The minimum Gasteiger partial charge on any atom is -0.342 e. The number of carbonyl (C=O) groups is 1. The van der Waals surface area contributed by atoms with E-state index < -0.39 is 0 Å². The summed E-state index contributed by atoms with van der Waals surface area (Å²) in [6, 6.07) is 10.9. The summed E-state index contributed by atoms with van der Waals surface area (Å²) in [6.45, 7) is 5.09. The average molecular weight is 272 g/mol. The molecule has 2 fully saturated rings. The van der Waals surface area contributed by atoms with Crippen molar-refractivity contribution in [1.29, 1.82) is 0 Å². The van der Waals surface area contributed by atoms with Gasteiger partial charge < -0.3 is 10.2 Å². The van der Waals surface area contributed by atoms with Gasteiger partial charge in [0, 0.05) is 19.1 Å². The number of amides is 1. The van der Waals surface area contributed by atoms with Gasteiger partial charge in [0.25, 0.3) is 0 Å². The maximum absolute atomic E-state index is 12.8. The third-order valence-corrected chi connectivity index (χ3v) is 4.88. The van der Waals surface area contributed by atoms with E-state index in [2.05, 4.69) is 29.3 Å². The van der Waals surface area contributed by atoms with Gasteiger partial charge in [-0.1, -0.05) is 37.3 Å². The number of nitrogens with zero attached hydrogens (tertiary/aromatic N) is 1. The van der Waals surface area contributed by atoms with E-state index in [1.54, 1.807) is 0 Å². The van der Waals surface area contributed by atoms with Gasteiger partial charge in [-0.25, -0.2) is 0 Å². The van der Waals surface area contributed by atoms with Crippen LogP contribution in [0, 0.1) is 5.92 Å². The average Bonchev–Trinajstić information content (AvgIpc) is 2.96. The van der Waals surface area contributed by atoms with Crippen LogP contribution in [-0.2, 0) is 4.79 Å². The molecule has 0 bridgehead atoms. The lowest BCUT2D eigenvalue weighted by Gasteiger charge is -2.36. The molecule has 3 nitrogen and oxygen atoms in total. The third-order valence-electron chi connectivity index (χ3n) is 4.88. The highest BCUT2D eigenvalue weighted by molar-refractivity contribution is 5.83. The largest absolute Gasteiger partial charge is 0.342 e. The summed E-state index contributed by atoms with van der Waals surface area (Å²) in [5.41, 5.74) is 1.16. The molecule has 3 unspecified atom stereocenters. The molecule has 2 saturated heterocycles. The summed E-state index contributed by atoms with van der Waals surface area (Å²) in [7, 11) is 0. The fourth-order valence-electron chi connectivity index (χ4n) is 3.71. The van der Waals surface area contributed by atoms with Crippen molar-refractivity contribution < 1.29 is 4.79 Å². The molecule has 0 aromatic heterocycles.